The fraction of sp³-hybridized carbons (Fsp3) is 0.750. The van der Waals surface area contributed by atoms with Crippen molar-refractivity contribution in [1.82, 2.24) is 0 Å². The first kappa shape index (κ1) is 28.9. The van der Waals surface area contributed by atoms with Crippen molar-refractivity contribution in [2.24, 2.45) is 17.8 Å². The quantitative estimate of drug-likeness (QED) is 0.284. The minimum atomic E-state index is 0. The largest absolute Gasteiger partial charge is 3.00 e. The Morgan fingerprint density at radius 2 is 0.632 bits per heavy atom. The molecule has 0 rings (SSSR count). The summed E-state index contributed by atoms with van der Waals surface area (Å²) >= 11 is 27.8. The first-order chi connectivity index (χ1) is 7.93. The van der Waals surface area contributed by atoms with Gasteiger partial charge in [0.1, 0.15) is 0 Å². The van der Waals surface area contributed by atoms with Gasteiger partial charge in [-0.25, -0.2) is 0 Å². The van der Waals surface area contributed by atoms with Crippen molar-refractivity contribution in [2.45, 2.75) is 41.5 Å². The summed E-state index contributed by atoms with van der Waals surface area (Å²) in [6.45, 7) is 12.0. The molecule has 0 heterocycles. The van der Waals surface area contributed by atoms with Gasteiger partial charge in [-0.1, -0.05) is 41.5 Å². The van der Waals surface area contributed by atoms with Crippen molar-refractivity contribution in [2.75, 3.05) is 0 Å². The van der Waals surface area contributed by atoms with Gasteiger partial charge in [0.25, 0.3) is 0 Å². The van der Waals surface area contributed by atoms with E-state index in [1.54, 1.807) is 0 Å². The van der Waals surface area contributed by atoms with E-state index >= 15 is 0 Å². The summed E-state index contributed by atoms with van der Waals surface area (Å²) < 4.78 is 2.03. The molecule has 0 aromatic rings. The SMILES string of the molecule is CC(C)C(=S)[S-].CC(C)C(=S)[S-].CC(C)C(=S)[S-].[Bi+3]. The van der Waals surface area contributed by atoms with Crippen LogP contribution in [-0.2, 0) is 37.9 Å². The molecule has 0 aromatic carbocycles. The van der Waals surface area contributed by atoms with Crippen molar-refractivity contribution in [1.29, 1.82) is 0 Å². The van der Waals surface area contributed by atoms with E-state index < -0.39 is 0 Å². The molecule has 0 aliphatic heterocycles. The smallest absolute Gasteiger partial charge is 0.433 e. The third-order valence-electron chi connectivity index (χ3n) is 1.41. The van der Waals surface area contributed by atoms with Gasteiger partial charge >= 0.3 is 26.2 Å². The minimum Gasteiger partial charge on any atom is -0.433 e. The van der Waals surface area contributed by atoms with Crippen LogP contribution in [0.4, 0.5) is 0 Å². The van der Waals surface area contributed by atoms with Crippen LogP contribution in [0.1, 0.15) is 41.5 Å². The first-order valence-corrected chi connectivity index (χ1v) is 8.00. The molecule has 0 bridgehead atoms. The Hall–Kier alpha value is 1.81. The van der Waals surface area contributed by atoms with Gasteiger partial charge < -0.3 is 74.5 Å². The van der Waals surface area contributed by atoms with Gasteiger partial charge in [0, 0.05) is 0 Å². The van der Waals surface area contributed by atoms with E-state index in [0.29, 0.717) is 30.3 Å². The topological polar surface area (TPSA) is 0 Å². The summed E-state index contributed by atoms with van der Waals surface area (Å²) in [6, 6.07) is 0. The second-order valence-corrected chi connectivity index (χ2v) is 7.84. The average molecular weight is 567 g/mol. The fourth-order valence-corrected chi connectivity index (χ4v) is 0. The first-order valence-electron chi connectivity index (χ1n) is 5.55. The van der Waals surface area contributed by atoms with Gasteiger partial charge in [-0.2, -0.15) is 0 Å². The second kappa shape index (κ2) is 17.9. The molecule has 0 spiro atoms. The van der Waals surface area contributed by atoms with Crippen LogP contribution < -0.4 is 0 Å². The van der Waals surface area contributed by atoms with Crippen molar-refractivity contribution < 1.29 is 0 Å². The zero-order valence-electron chi connectivity index (χ0n) is 12.1. The Balaban J connectivity index is -0.0000000865. The number of hydrogen-bond donors (Lipinski definition) is 0. The Kier molecular flexibility index (Phi) is 27.2. The molecule has 0 fully saturated rings. The van der Waals surface area contributed by atoms with E-state index in [0.717, 1.165) is 0 Å². The van der Waals surface area contributed by atoms with Crippen LogP contribution in [0.5, 0.6) is 0 Å². The van der Waals surface area contributed by atoms with Crippen LogP contribution in [0, 0.1) is 17.8 Å². The molecule has 7 heteroatoms. The molecule has 0 atom stereocenters. The molecule has 0 aromatic heterocycles. The Bertz CT molecular complexity index is 218. The third-order valence-corrected chi connectivity index (χ3v) is 4.24. The van der Waals surface area contributed by atoms with Gasteiger partial charge in [-0.05, 0) is 17.8 Å². The van der Waals surface area contributed by atoms with Crippen molar-refractivity contribution in [3.05, 3.63) is 0 Å². The molecule has 19 heavy (non-hydrogen) atoms. The summed E-state index contributed by atoms with van der Waals surface area (Å²) in [5.74, 6) is 1.19. The van der Waals surface area contributed by atoms with Crippen molar-refractivity contribution >= 4 is 113 Å². The summed E-state index contributed by atoms with van der Waals surface area (Å²) in [6.07, 6.45) is 0. The molecule has 0 N–H and O–H groups in total. The van der Waals surface area contributed by atoms with Crippen LogP contribution in [0.25, 0.3) is 0 Å². The third kappa shape index (κ3) is 32.9. The van der Waals surface area contributed by atoms with E-state index in [9.17, 15) is 0 Å². The van der Waals surface area contributed by atoms with Crippen LogP contribution in [0.15, 0.2) is 0 Å². The standard InChI is InChI=1S/3C4H8S2.Bi/c3*1-3(2)4(5)6;/h3*3H,1-2H3,(H,5,6);/q;;;+3/p-3. The van der Waals surface area contributed by atoms with Crippen molar-refractivity contribution in [3.63, 3.8) is 0 Å². The minimum absolute atomic E-state index is 0. The molecule has 0 nitrogen and oxygen atoms in total. The molecule has 2 radical (unpaired) electrons. The molecule has 0 saturated carbocycles. The summed E-state index contributed by atoms with van der Waals surface area (Å²) in [7, 11) is 0. The Morgan fingerprint density at radius 1 is 0.579 bits per heavy atom. The average Bonchev–Trinajstić information content (AvgIpc) is 2.18. The molecular formula is C12H21BiS6. The predicted octanol–water partition coefficient (Wildman–Crippen LogP) is 4.17. The summed E-state index contributed by atoms with van der Waals surface area (Å²) in [5.41, 5.74) is 0. The maximum Gasteiger partial charge on any atom is 3.00 e. The maximum absolute atomic E-state index is 4.63. The molecule has 0 saturated heterocycles. The van der Waals surface area contributed by atoms with E-state index in [1.165, 1.54) is 0 Å². The second-order valence-electron chi connectivity index (χ2n) is 4.42. The van der Waals surface area contributed by atoms with Crippen molar-refractivity contribution in [3.8, 4) is 0 Å². The molecule has 0 unspecified atom stereocenters. The van der Waals surface area contributed by atoms with E-state index in [-0.39, 0.29) is 26.2 Å². The van der Waals surface area contributed by atoms with Crippen LogP contribution in [0.2, 0.25) is 0 Å². The van der Waals surface area contributed by atoms with Crippen LogP contribution in [0.3, 0.4) is 0 Å². The fourth-order valence-electron chi connectivity index (χ4n) is 0. The number of thiocarbonyl (C=S) groups is 3. The molecule has 110 valence electrons. The summed E-state index contributed by atoms with van der Waals surface area (Å²) in [4.78, 5) is 0. The van der Waals surface area contributed by atoms with E-state index in [4.69, 9.17) is 0 Å². The normalized spacial score (nSPS) is 8.68. The molecular weight excluding hydrogens is 546 g/mol. The molecule has 0 aliphatic carbocycles. The monoisotopic (exact) mass is 566 g/mol. The van der Waals surface area contributed by atoms with Crippen LogP contribution in [-0.4, -0.2) is 38.8 Å². The molecule has 0 amide bonds. The predicted molar refractivity (Wildman–Crippen MR) is 110 cm³/mol. The zero-order chi connectivity index (χ0) is 15.5. The zero-order valence-corrected chi connectivity index (χ0v) is 20.5. The van der Waals surface area contributed by atoms with Gasteiger partial charge in [-0.15, -0.1) is 12.6 Å². The molecule has 0 aliphatic rings. The Labute approximate surface area is 171 Å². The van der Waals surface area contributed by atoms with Gasteiger partial charge in [0.2, 0.25) is 0 Å². The van der Waals surface area contributed by atoms with Crippen LogP contribution >= 0.6 is 36.7 Å². The Morgan fingerprint density at radius 3 is 0.632 bits per heavy atom. The van der Waals surface area contributed by atoms with Gasteiger partial charge in [-0.3, -0.25) is 0 Å². The number of rotatable bonds is 3. The maximum atomic E-state index is 4.63. The van der Waals surface area contributed by atoms with E-state index in [2.05, 4.69) is 74.5 Å². The van der Waals surface area contributed by atoms with Gasteiger partial charge in [0.05, 0.1) is 0 Å². The van der Waals surface area contributed by atoms with Gasteiger partial charge in [0.15, 0.2) is 0 Å². The van der Waals surface area contributed by atoms with E-state index in [1.807, 2.05) is 41.5 Å². The number of hydrogen-bond acceptors (Lipinski definition) is 6. The summed E-state index contributed by atoms with van der Waals surface area (Å²) in [5, 5.41) is 0.